The van der Waals surface area contributed by atoms with Gasteiger partial charge >= 0.3 is 0 Å². The minimum absolute atomic E-state index is 0.447. The molecular formula is C13H23N3S. The van der Waals surface area contributed by atoms with Gasteiger partial charge in [-0.3, -0.25) is 0 Å². The number of nitrogens with one attached hydrogen (secondary N) is 1. The quantitative estimate of drug-likeness (QED) is 0.846. The largest absolute Gasteiger partial charge is 0.310 e. The van der Waals surface area contributed by atoms with Crippen LogP contribution in [0.2, 0.25) is 0 Å². The summed E-state index contributed by atoms with van der Waals surface area (Å²) in [4.78, 5) is 9.09. The lowest BCUT2D eigenvalue weighted by Crippen LogP contribution is -2.23. The molecule has 0 radical (unpaired) electrons. The van der Waals surface area contributed by atoms with E-state index in [1.165, 1.54) is 11.3 Å². The van der Waals surface area contributed by atoms with Gasteiger partial charge in [0, 0.05) is 24.3 Å². The molecule has 1 aromatic heterocycles. The van der Waals surface area contributed by atoms with Crippen molar-refractivity contribution in [2.24, 2.45) is 0 Å². The zero-order valence-corrected chi connectivity index (χ0v) is 12.3. The molecule has 1 aromatic rings. The minimum atomic E-state index is 0.447. The summed E-state index contributed by atoms with van der Waals surface area (Å²) < 4.78 is 0. The molecule has 0 fully saturated rings. The molecule has 3 nitrogen and oxygen atoms in total. The van der Waals surface area contributed by atoms with E-state index in [9.17, 15) is 0 Å². The first-order chi connectivity index (χ1) is 8.04. The Kier molecular flexibility index (Phi) is 5.92. The van der Waals surface area contributed by atoms with Crippen LogP contribution in [0.4, 0.5) is 0 Å². The molecule has 0 amide bonds. The van der Waals surface area contributed by atoms with Crippen LogP contribution in [0.1, 0.15) is 50.7 Å². The van der Waals surface area contributed by atoms with Crippen molar-refractivity contribution in [2.45, 2.75) is 52.0 Å². The summed E-state index contributed by atoms with van der Waals surface area (Å²) in [5.74, 6) is 2.27. The van der Waals surface area contributed by atoms with Crippen molar-refractivity contribution in [3.8, 4) is 0 Å². The molecule has 0 aliphatic carbocycles. The molecule has 0 atom stereocenters. The Hall–Kier alpha value is -0.610. The summed E-state index contributed by atoms with van der Waals surface area (Å²) in [6.07, 6.45) is 4.05. The Bertz CT molecular complexity index is 351. The van der Waals surface area contributed by atoms with E-state index in [1.807, 2.05) is 6.20 Å². The normalized spacial score (nSPS) is 11.5. The smallest absolute Gasteiger partial charge is 0.138 e. The van der Waals surface area contributed by atoms with Crippen molar-refractivity contribution < 1.29 is 0 Å². The molecule has 1 heterocycles. The predicted octanol–water partition coefficient (Wildman–Crippen LogP) is 2.96. The number of thioether (sulfide) groups is 1. The van der Waals surface area contributed by atoms with Gasteiger partial charge in [-0.1, -0.05) is 27.7 Å². The van der Waals surface area contributed by atoms with Crippen LogP contribution in [-0.4, -0.2) is 22.3 Å². The van der Waals surface area contributed by atoms with Gasteiger partial charge in [-0.15, -0.1) is 0 Å². The van der Waals surface area contributed by atoms with Crippen LogP contribution < -0.4 is 5.32 Å². The topological polar surface area (TPSA) is 37.8 Å². The lowest BCUT2D eigenvalue weighted by molar-refractivity contribution is 0.579. The van der Waals surface area contributed by atoms with Gasteiger partial charge < -0.3 is 5.32 Å². The monoisotopic (exact) mass is 253 g/mol. The van der Waals surface area contributed by atoms with E-state index in [0.29, 0.717) is 12.0 Å². The van der Waals surface area contributed by atoms with Crippen molar-refractivity contribution in [1.82, 2.24) is 15.3 Å². The van der Waals surface area contributed by atoms with Gasteiger partial charge in [0.05, 0.1) is 11.4 Å². The van der Waals surface area contributed by atoms with E-state index >= 15 is 0 Å². The maximum atomic E-state index is 4.67. The van der Waals surface area contributed by atoms with E-state index in [2.05, 4.69) is 49.2 Å². The number of aromatic nitrogens is 2. The summed E-state index contributed by atoms with van der Waals surface area (Å²) in [5, 5.41) is 3.42. The molecule has 0 aliphatic rings. The highest BCUT2D eigenvalue weighted by Gasteiger charge is 2.10. The summed E-state index contributed by atoms with van der Waals surface area (Å²) >= 11 is 1.76. The fourth-order valence-corrected chi connectivity index (χ4v) is 2.00. The molecule has 0 saturated carbocycles. The summed E-state index contributed by atoms with van der Waals surface area (Å²) in [6, 6.07) is 0.487. The fraction of sp³-hybridized carbons (Fsp3) is 0.692. The van der Waals surface area contributed by atoms with Gasteiger partial charge in [0.15, 0.2) is 0 Å². The highest BCUT2D eigenvalue weighted by Crippen LogP contribution is 2.17. The molecule has 1 rings (SSSR count). The fourth-order valence-electron chi connectivity index (χ4n) is 1.61. The molecule has 0 unspecified atom stereocenters. The maximum absolute atomic E-state index is 4.67. The summed E-state index contributed by atoms with van der Waals surface area (Å²) in [6.45, 7) is 9.52. The summed E-state index contributed by atoms with van der Waals surface area (Å²) in [7, 11) is 0. The lowest BCUT2D eigenvalue weighted by atomic mass is 10.0. The lowest BCUT2D eigenvalue weighted by Gasteiger charge is -2.14. The second-order valence-corrected chi connectivity index (χ2v) is 5.69. The van der Waals surface area contributed by atoms with E-state index in [0.717, 1.165) is 18.1 Å². The Morgan fingerprint density at radius 3 is 2.53 bits per heavy atom. The van der Waals surface area contributed by atoms with Crippen LogP contribution >= 0.6 is 11.8 Å². The van der Waals surface area contributed by atoms with Crippen molar-refractivity contribution >= 4 is 11.8 Å². The third kappa shape index (κ3) is 4.64. The van der Waals surface area contributed by atoms with Crippen molar-refractivity contribution in [1.29, 1.82) is 0 Å². The number of hydrogen-bond acceptors (Lipinski definition) is 4. The van der Waals surface area contributed by atoms with Crippen molar-refractivity contribution in [2.75, 3.05) is 6.26 Å². The second kappa shape index (κ2) is 6.97. The third-order valence-electron chi connectivity index (χ3n) is 2.47. The van der Waals surface area contributed by atoms with Gasteiger partial charge in [0.25, 0.3) is 0 Å². The Balaban J connectivity index is 2.88. The molecule has 0 aliphatic heterocycles. The van der Waals surface area contributed by atoms with E-state index in [4.69, 9.17) is 0 Å². The molecule has 96 valence electrons. The zero-order valence-electron chi connectivity index (χ0n) is 11.4. The van der Waals surface area contributed by atoms with Gasteiger partial charge in [-0.05, 0) is 12.2 Å². The standard InChI is InChI=1S/C13H23N3S/c1-9(2)13-11(6-14-10(3)4)7-15-12(16-13)8-17-5/h7,9-10,14H,6,8H2,1-5H3. The maximum Gasteiger partial charge on any atom is 0.138 e. The number of nitrogens with zero attached hydrogens (tertiary/aromatic N) is 2. The molecule has 0 saturated heterocycles. The molecule has 0 aromatic carbocycles. The summed E-state index contributed by atoms with van der Waals surface area (Å²) in [5.41, 5.74) is 2.40. The van der Waals surface area contributed by atoms with Crippen LogP contribution in [0.15, 0.2) is 6.20 Å². The van der Waals surface area contributed by atoms with E-state index < -0.39 is 0 Å². The number of rotatable bonds is 6. The SMILES string of the molecule is CSCc1ncc(CNC(C)C)c(C(C)C)n1. The zero-order chi connectivity index (χ0) is 12.8. The van der Waals surface area contributed by atoms with Crippen LogP contribution in [0.5, 0.6) is 0 Å². The Morgan fingerprint density at radius 1 is 1.29 bits per heavy atom. The molecule has 0 spiro atoms. The van der Waals surface area contributed by atoms with Gasteiger partial charge in [0.1, 0.15) is 5.82 Å². The first-order valence-electron chi connectivity index (χ1n) is 6.11. The molecule has 4 heteroatoms. The molecule has 17 heavy (non-hydrogen) atoms. The van der Waals surface area contributed by atoms with E-state index in [-0.39, 0.29) is 0 Å². The molecular weight excluding hydrogens is 230 g/mol. The second-order valence-electron chi connectivity index (χ2n) is 4.82. The van der Waals surface area contributed by atoms with Gasteiger partial charge in [-0.2, -0.15) is 11.8 Å². The van der Waals surface area contributed by atoms with Gasteiger partial charge in [-0.25, -0.2) is 9.97 Å². The first-order valence-corrected chi connectivity index (χ1v) is 7.51. The van der Waals surface area contributed by atoms with Crippen LogP contribution in [-0.2, 0) is 12.3 Å². The highest BCUT2D eigenvalue weighted by molar-refractivity contribution is 7.97. The first kappa shape index (κ1) is 14.5. The average molecular weight is 253 g/mol. The Labute approximate surface area is 109 Å². The highest BCUT2D eigenvalue weighted by atomic mass is 32.2. The van der Waals surface area contributed by atoms with E-state index in [1.54, 1.807) is 11.8 Å². The van der Waals surface area contributed by atoms with Crippen molar-refractivity contribution in [3.63, 3.8) is 0 Å². The molecule has 1 N–H and O–H groups in total. The van der Waals surface area contributed by atoms with Gasteiger partial charge in [0.2, 0.25) is 0 Å². The Morgan fingerprint density at radius 2 is 2.00 bits per heavy atom. The third-order valence-corrected chi connectivity index (χ3v) is 3.02. The van der Waals surface area contributed by atoms with Crippen LogP contribution in [0.25, 0.3) is 0 Å². The van der Waals surface area contributed by atoms with Crippen LogP contribution in [0, 0.1) is 0 Å². The average Bonchev–Trinajstić information content (AvgIpc) is 2.27. The molecule has 0 bridgehead atoms. The number of hydrogen-bond donors (Lipinski definition) is 1. The predicted molar refractivity (Wildman–Crippen MR) is 75.3 cm³/mol. The minimum Gasteiger partial charge on any atom is -0.310 e. The van der Waals surface area contributed by atoms with Crippen LogP contribution in [0.3, 0.4) is 0 Å². The van der Waals surface area contributed by atoms with Crippen molar-refractivity contribution in [3.05, 3.63) is 23.3 Å².